The van der Waals surface area contributed by atoms with Crippen molar-refractivity contribution in [1.82, 2.24) is 4.98 Å². The van der Waals surface area contributed by atoms with Gasteiger partial charge in [-0.2, -0.15) is 0 Å². The van der Waals surface area contributed by atoms with E-state index in [4.69, 9.17) is 5.73 Å². The molecule has 0 spiro atoms. The minimum absolute atomic E-state index is 0. The molecule has 1 heterocycles. The molecule has 0 aliphatic heterocycles. The summed E-state index contributed by atoms with van der Waals surface area (Å²) < 4.78 is 0. The standard InChI is InChI=1S/C17H22N4OS2.HI/c1-12(22)20-17-21-15(11-24-17)8-7-13-3-5-14(6-4-13)9-10-19-16(18)23-2;/h3-6,11H,7-10H2,1-2H3,(H2,18,19)(H,20,21,22);1H. The van der Waals surface area contributed by atoms with Crippen molar-refractivity contribution in [2.24, 2.45) is 10.7 Å². The highest BCUT2D eigenvalue weighted by molar-refractivity contribution is 14.0. The van der Waals surface area contributed by atoms with Crippen molar-refractivity contribution in [2.45, 2.75) is 26.2 Å². The van der Waals surface area contributed by atoms with Crippen molar-refractivity contribution in [2.75, 3.05) is 18.1 Å². The van der Waals surface area contributed by atoms with Gasteiger partial charge in [-0.3, -0.25) is 9.79 Å². The number of thioether (sulfide) groups is 1. The highest BCUT2D eigenvalue weighted by atomic mass is 127. The molecule has 0 saturated heterocycles. The van der Waals surface area contributed by atoms with Crippen LogP contribution in [0.2, 0.25) is 0 Å². The van der Waals surface area contributed by atoms with E-state index in [0.717, 1.165) is 31.5 Å². The largest absolute Gasteiger partial charge is 0.379 e. The van der Waals surface area contributed by atoms with Gasteiger partial charge in [-0.05, 0) is 36.6 Å². The zero-order chi connectivity index (χ0) is 17.4. The second-order valence-corrected chi connectivity index (χ2v) is 7.00. The second-order valence-electron chi connectivity index (χ2n) is 5.32. The Morgan fingerprint density at radius 2 is 1.88 bits per heavy atom. The van der Waals surface area contributed by atoms with Crippen LogP contribution in [-0.2, 0) is 24.1 Å². The van der Waals surface area contributed by atoms with E-state index in [1.165, 1.54) is 41.1 Å². The Bertz CT molecular complexity index is 701. The number of rotatable bonds is 7. The van der Waals surface area contributed by atoms with E-state index < -0.39 is 0 Å². The molecule has 0 atom stereocenters. The average molecular weight is 490 g/mol. The number of nitrogens with two attached hydrogens (primary N) is 1. The van der Waals surface area contributed by atoms with E-state index in [-0.39, 0.29) is 29.9 Å². The van der Waals surface area contributed by atoms with Crippen LogP contribution in [-0.4, -0.2) is 28.9 Å². The maximum atomic E-state index is 11.0. The van der Waals surface area contributed by atoms with Gasteiger partial charge in [0.1, 0.15) is 0 Å². The Balaban J connectivity index is 0.00000312. The fourth-order valence-electron chi connectivity index (χ4n) is 2.13. The predicted molar refractivity (Wildman–Crippen MR) is 119 cm³/mol. The maximum Gasteiger partial charge on any atom is 0.223 e. The van der Waals surface area contributed by atoms with Gasteiger partial charge in [-0.1, -0.05) is 36.0 Å². The third kappa shape index (κ3) is 8.19. The zero-order valence-electron chi connectivity index (χ0n) is 14.3. The van der Waals surface area contributed by atoms with E-state index in [1.54, 1.807) is 0 Å². The molecule has 0 unspecified atom stereocenters. The Morgan fingerprint density at radius 1 is 1.24 bits per heavy atom. The smallest absolute Gasteiger partial charge is 0.223 e. The van der Waals surface area contributed by atoms with Gasteiger partial charge in [-0.25, -0.2) is 4.98 Å². The minimum atomic E-state index is -0.0879. The van der Waals surface area contributed by atoms with Crippen molar-refractivity contribution in [3.8, 4) is 0 Å². The lowest BCUT2D eigenvalue weighted by Crippen LogP contribution is -2.07. The molecule has 3 N–H and O–H groups in total. The number of aromatic nitrogens is 1. The van der Waals surface area contributed by atoms with Crippen LogP contribution in [0.3, 0.4) is 0 Å². The molecule has 0 bridgehead atoms. The van der Waals surface area contributed by atoms with Crippen LogP contribution in [0, 0.1) is 0 Å². The van der Waals surface area contributed by atoms with E-state index >= 15 is 0 Å². The third-order valence-corrected chi connectivity index (χ3v) is 4.76. The number of aryl methyl sites for hydroxylation is 2. The fourth-order valence-corrected chi connectivity index (χ4v) is 3.15. The van der Waals surface area contributed by atoms with Gasteiger partial charge in [0, 0.05) is 18.8 Å². The summed E-state index contributed by atoms with van der Waals surface area (Å²) in [4.78, 5) is 19.7. The predicted octanol–water partition coefficient (Wildman–Crippen LogP) is 3.72. The number of amidine groups is 1. The molecule has 0 aliphatic carbocycles. The minimum Gasteiger partial charge on any atom is -0.379 e. The Hall–Kier alpha value is -1.13. The Morgan fingerprint density at radius 3 is 2.48 bits per heavy atom. The second kappa shape index (κ2) is 11.5. The molecular formula is C17H23IN4OS2. The number of thiazole rings is 1. The molecule has 0 radical (unpaired) electrons. The van der Waals surface area contributed by atoms with Crippen LogP contribution in [0.4, 0.5) is 5.13 Å². The van der Waals surface area contributed by atoms with Gasteiger partial charge in [0.05, 0.1) is 5.69 Å². The summed E-state index contributed by atoms with van der Waals surface area (Å²) in [5.74, 6) is -0.0879. The van der Waals surface area contributed by atoms with E-state index in [0.29, 0.717) is 10.3 Å². The number of anilines is 1. The molecule has 0 aliphatic rings. The summed E-state index contributed by atoms with van der Waals surface area (Å²) in [5, 5.41) is 6.00. The number of nitrogens with one attached hydrogen (secondary N) is 1. The monoisotopic (exact) mass is 490 g/mol. The maximum absolute atomic E-state index is 11.0. The van der Waals surface area contributed by atoms with Crippen molar-refractivity contribution in [1.29, 1.82) is 0 Å². The number of aliphatic imine (C=N–C) groups is 1. The van der Waals surface area contributed by atoms with Crippen LogP contribution in [0.15, 0.2) is 34.6 Å². The van der Waals surface area contributed by atoms with Gasteiger partial charge in [0.2, 0.25) is 5.91 Å². The van der Waals surface area contributed by atoms with Crippen LogP contribution in [0.1, 0.15) is 23.7 Å². The lowest BCUT2D eigenvalue weighted by Gasteiger charge is -2.03. The number of amides is 1. The average Bonchev–Trinajstić information content (AvgIpc) is 3.00. The van der Waals surface area contributed by atoms with E-state index in [1.807, 2.05) is 11.6 Å². The number of hydrogen-bond donors (Lipinski definition) is 2. The zero-order valence-corrected chi connectivity index (χ0v) is 18.3. The first-order chi connectivity index (χ1) is 11.6. The summed E-state index contributed by atoms with van der Waals surface area (Å²) in [6.45, 7) is 2.21. The molecule has 8 heteroatoms. The van der Waals surface area contributed by atoms with Crippen LogP contribution < -0.4 is 11.1 Å². The van der Waals surface area contributed by atoms with Gasteiger partial charge >= 0.3 is 0 Å². The van der Waals surface area contributed by atoms with Crippen molar-refractivity contribution in [3.05, 3.63) is 46.5 Å². The van der Waals surface area contributed by atoms with Gasteiger partial charge in [0.25, 0.3) is 0 Å². The number of hydrogen-bond acceptors (Lipinski definition) is 5. The highest BCUT2D eigenvalue weighted by Crippen LogP contribution is 2.17. The molecule has 0 fully saturated rings. The summed E-state index contributed by atoms with van der Waals surface area (Å²) in [6.07, 6.45) is 4.62. The number of benzene rings is 1. The molecule has 25 heavy (non-hydrogen) atoms. The summed E-state index contributed by atoms with van der Waals surface area (Å²) >= 11 is 2.93. The molecule has 2 aromatic rings. The normalized spacial score (nSPS) is 11.0. The fraction of sp³-hybridized carbons (Fsp3) is 0.353. The summed E-state index contributed by atoms with van der Waals surface area (Å²) in [6, 6.07) is 8.59. The quantitative estimate of drug-likeness (QED) is 0.352. The van der Waals surface area contributed by atoms with Crippen molar-refractivity contribution >= 4 is 63.3 Å². The number of halogens is 1. The van der Waals surface area contributed by atoms with Crippen molar-refractivity contribution < 1.29 is 4.79 Å². The number of carbonyl (C=O) groups excluding carboxylic acids is 1. The topological polar surface area (TPSA) is 80.4 Å². The van der Waals surface area contributed by atoms with Gasteiger partial charge in [0.15, 0.2) is 10.3 Å². The summed E-state index contributed by atoms with van der Waals surface area (Å²) in [5.41, 5.74) is 9.22. The van der Waals surface area contributed by atoms with Gasteiger partial charge in [-0.15, -0.1) is 35.3 Å². The molecule has 0 saturated carbocycles. The molecule has 1 aromatic carbocycles. The first-order valence-corrected chi connectivity index (χ1v) is 9.81. The third-order valence-electron chi connectivity index (χ3n) is 3.40. The molecular weight excluding hydrogens is 467 g/mol. The number of nitrogens with zero attached hydrogens (tertiary/aromatic N) is 2. The van der Waals surface area contributed by atoms with E-state index in [9.17, 15) is 4.79 Å². The molecule has 5 nitrogen and oxygen atoms in total. The Labute approximate surface area is 173 Å². The van der Waals surface area contributed by atoms with Crippen LogP contribution >= 0.6 is 47.1 Å². The molecule has 136 valence electrons. The SMILES string of the molecule is CSC(N)=NCCc1ccc(CCc2csc(NC(C)=O)n2)cc1.I. The van der Waals surface area contributed by atoms with Gasteiger partial charge < -0.3 is 11.1 Å². The summed E-state index contributed by atoms with van der Waals surface area (Å²) in [7, 11) is 0. The highest BCUT2D eigenvalue weighted by Gasteiger charge is 2.04. The van der Waals surface area contributed by atoms with Crippen LogP contribution in [0.5, 0.6) is 0 Å². The van der Waals surface area contributed by atoms with Crippen molar-refractivity contribution in [3.63, 3.8) is 0 Å². The molecule has 1 aromatic heterocycles. The molecule has 1 amide bonds. The molecule has 2 rings (SSSR count). The van der Waals surface area contributed by atoms with Crippen LogP contribution in [0.25, 0.3) is 0 Å². The lowest BCUT2D eigenvalue weighted by atomic mass is 10.1. The first-order valence-electron chi connectivity index (χ1n) is 7.70. The first kappa shape index (κ1) is 21.9. The Kier molecular flexibility index (Phi) is 10.1. The lowest BCUT2D eigenvalue weighted by molar-refractivity contribution is -0.114. The number of carbonyl (C=O) groups is 1. The van der Waals surface area contributed by atoms with E-state index in [2.05, 4.69) is 39.6 Å².